The second-order valence-electron chi connectivity index (χ2n) is 5.27. The van der Waals surface area contributed by atoms with Gasteiger partial charge in [0, 0.05) is 17.4 Å². The Morgan fingerprint density at radius 2 is 1.63 bits per heavy atom. The van der Waals surface area contributed by atoms with E-state index in [0.29, 0.717) is 19.6 Å². The first-order valence-electron chi connectivity index (χ1n) is 6.55. The number of ketones is 1. The number of fused-ring (bicyclic) bond motifs is 2. The topological polar surface area (TPSA) is 35.5 Å². The first kappa shape index (κ1) is 11.1. The lowest BCUT2D eigenvalue weighted by Gasteiger charge is -2.31. The fourth-order valence-electron chi connectivity index (χ4n) is 3.16. The van der Waals surface area contributed by atoms with Crippen LogP contribution >= 0.6 is 0 Å². The Kier molecular flexibility index (Phi) is 2.14. The lowest BCUT2D eigenvalue weighted by Crippen LogP contribution is -2.31. The van der Waals surface area contributed by atoms with Gasteiger partial charge in [0.25, 0.3) is 0 Å². The number of allylic oxidation sites excluding steroid dienone is 2. The van der Waals surface area contributed by atoms with Gasteiger partial charge in [-0.15, -0.1) is 0 Å². The van der Waals surface area contributed by atoms with Gasteiger partial charge in [0.2, 0.25) is 5.79 Å². The number of carbonyl (C=O) groups excluding carboxylic acids is 1. The molecule has 0 radical (unpaired) electrons. The highest BCUT2D eigenvalue weighted by Gasteiger charge is 2.44. The fraction of sp³-hybridized carbons (Fsp3) is 0.312. The molecule has 1 aromatic rings. The normalized spacial score (nSPS) is 25.4. The Hall–Kier alpha value is -1.71. The predicted molar refractivity (Wildman–Crippen MR) is 70.0 cm³/mol. The molecule has 0 amide bonds. The molecular formula is C16H14O3. The molecule has 1 saturated heterocycles. The summed E-state index contributed by atoms with van der Waals surface area (Å²) in [5.74, 6) is -0.500. The first-order valence-corrected chi connectivity index (χ1v) is 6.55. The summed E-state index contributed by atoms with van der Waals surface area (Å²) in [7, 11) is 0. The van der Waals surface area contributed by atoms with E-state index in [4.69, 9.17) is 9.47 Å². The first-order chi connectivity index (χ1) is 9.23. The molecule has 0 atom stereocenters. The maximum Gasteiger partial charge on any atom is 0.208 e. The van der Waals surface area contributed by atoms with Crippen molar-refractivity contribution < 1.29 is 14.3 Å². The molecule has 2 spiro atoms. The van der Waals surface area contributed by atoms with Crippen LogP contribution in [0.4, 0.5) is 0 Å². The van der Waals surface area contributed by atoms with Crippen molar-refractivity contribution in [2.24, 2.45) is 0 Å². The van der Waals surface area contributed by atoms with Gasteiger partial charge in [-0.2, -0.15) is 0 Å². The zero-order valence-corrected chi connectivity index (χ0v) is 10.5. The van der Waals surface area contributed by atoms with Crippen molar-refractivity contribution in [3.8, 4) is 0 Å². The molecule has 1 fully saturated rings. The van der Waals surface area contributed by atoms with Crippen LogP contribution in [0.15, 0.2) is 48.6 Å². The molecule has 3 nitrogen and oxygen atoms in total. The number of Topliss-reactive ketones (excluding diaryl/α,β-unsaturated/α-hetero) is 1. The van der Waals surface area contributed by atoms with Gasteiger partial charge in [-0.25, -0.2) is 0 Å². The number of benzene rings is 1. The summed E-state index contributed by atoms with van der Waals surface area (Å²) in [4.78, 5) is 12.1. The van der Waals surface area contributed by atoms with E-state index in [-0.39, 0.29) is 11.2 Å². The zero-order valence-electron chi connectivity index (χ0n) is 10.5. The zero-order chi connectivity index (χ0) is 12.9. The number of hydrogen-bond acceptors (Lipinski definition) is 3. The third-order valence-electron chi connectivity index (χ3n) is 4.15. The highest BCUT2D eigenvalue weighted by molar-refractivity contribution is 6.03. The van der Waals surface area contributed by atoms with E-state index in [9.17, 15) is 4.79 Å². The molecule has 4 rings (SSSR count). The Balaban J connectivity index is 1.79. The van der Waals surface area contributed by atoms with E-state index in [1.165, 1.54) is 0 Å². The molecule has 0 N–H and O–H groups in total. The van der Waals surface area contributed by atoms with Crippen LogP contribution in [-0.2, 0) is 14.9 Å². The van der Waals surface area contributed by atoms with Crippen molar-refractivity contribution >= 4 is 5.78 Å². The third kappa shape index (κ3) is 1.49. The lowest BCUT2D eigenvalue weighted by molar-refractivity contribution is -0.0763. The summed E-state index contributed by atoms with van der Waals surface area (Å²) < 4.78 is 11.2. The summed E-state index contributed by atoms with van der Waals surface area (Å²) >= 11 is 0. The van der Waals surface area contributed by atoms with Crippen molar-refractivity contribution in [1.29, 1.82) is 0 Å². The average molecular weight is 254 g/mol. The molecule has 0 bridgehead atoms. The van der Waals surface area contributed by atoms with Crippen molar-refractivity contribution in [1.82, 2.24) is 0 Å². The second kappa shape index (κ2) is 3.65. The third-order valence-corrected chi connectivity index (χ3v) is 4.15. The van der Waals surface area contributed by atoms with E-state index in [0.717, 1.165) is 11.1 Å². The minimum Gasteiger partial charge on any atom is -0.341 e. The van der Waals surface area contributed by atoms with Crippen LogP contribution in [0.3, 0.4) is 0 Å². The van der Waals surface area contributed by atoms with E-state index in [1.807, 2.05) is 36.4 Å². The van der Waals surface area contributed by atoms with E-state index < -0.39 is 5.79 Å². The molecule has 1 aliphatic heterocycles. The predicted octanol–water partition coefficient (Wildman–Crippen LogP) is 2.38. The summed E-state index contributed by atoms with van der Waals surface area (Å²) in [6, 6.07) is 7.83. The number of hydrogen-bond donors (Lipinski definition) is 0. The monoisotopic (exact) mass is 254 g/mol. The molecule has 1 aromatic carbocycles. The van der Waals surface area contributed by atoms with Crippen LogP contribution in [0.5, 0.6) is 0 Å². The molecule has 0 aromatic heterocycles. The van der Waals surface area contributed by atoms with Gasteiger partial charge in [-0.3, -0.25) is 4.79 Å². The van der Waals surface area contributed by atoms with E-state index in [2.05, 4.69) is 12.2 Å². The highest BCUT2D eigenvalue weighted by Crippen LogP contribution is 2.45. The van der Waals surface area contributed by atoms with Crippen LogP contribution in [0.1, 0.15) is 22.3 Å². The molecule has 0 unspecified atom stereocenters. The van der Waals surface area contributed by atoms with Gasteiger partial charge in [0.15, 0.2) is 5.78 Å². The quantitative estimate of drug-likeness (QED) is 0.667. The van der Waals surface area contributed by atoms with Crippen molar-refractivity contribution in [3.63, 3.8) is 0 Å². The van der Waals surface area contributed by atoms with Gasteiger partial charge in [-0.1, -0.05) is 36.4 Å². The second-order valence-corrected chi connectivity index (χ2v) is 5.27. The van der Waals surface area contributed by atoms with Crippen LogP contribution < -0.4 is 0 Å². The standard InChI is InChI=1S/C16H14O3/c17-14-11-15(13-4-2-1-3-12(13)14)5-7-16(8-6-15)18-9-10-19-16/h1-8H,9-11H2. The molecule has 3 aliphatic rings. The fourth-order valence-corrected chi connectivity index (χ4v) is 3.16. The molecule has 3 heteroatoms. The van der Waals surface area contributed by atoms with Crippen molar-refractivity contribution in [3.05, 3.63) is 59.7 Å². The van der Waals surface area contributed by atoms with Gasteiger partial charge in [0.05, 0.1) is 13.2 Å². The van der Waals surface area contributed by atoms with Crippen LogP contribution in [0.25, 0.3) is 0 Å². The minimum absolute atomic E-state index is 0.203. The van der Waals surface area contributed by atoms with Gasteiger partial charge >= 0.3 is 0 Å². The Labute approximate surface area is 111 Å². The Morgan fingerprint density at radius 1 is 0.947 bits per heavy atom. The molecular weight excluding hydrogens is 240 g/mol. The molecule has 96 valence electrons. The van der Waals surface area contributed by atoms with Gasteiger partial charge in [0.1, 0.15) is 0 Å². The smallest absolute Gasteiger partial charge is 0.208 e. The van der Waals surface area contributed by atoms with Crippen LogP contribution in [0, 0.1) is 0 Å². The summed E-state index contributed by atoms with van der Waals surface area (Å²) in [6.45, 7) is 1.22. The Morgan fingerprint density at radius 3 is 2.37 bits per heavy atom. The maximum absolute atomic E-state index is 12.1. The lowest BCUT2D eigenvalue weighted by atomic mass is 9.78. The largest absolute Gasteiger partial charge is 0.341 e. The van der Waals surface area contributed by atoms with E-state index in [1.54, 1.807) is 0 Å². The number of ether oxygens (including phenoxy) is 2. The average Bonchev–Trinajstić information content (AvgIpc) is 3.00. The minimum atomic E-state index is -0.703. The molecule has 0 saturated carbocycles. The van der Waals surface area contributed by atoms with E-state index >= 15 is 0 Å². The van der Waals surface area contributed by atoms with Gasteiger partial charge < -0.3 is 9.47 Å². The SMILES string of the molecule is O=C1CC2(C=CC3(C=C2)OCCO3)c2ccccc21. The highest BCUT2D eigenvalue weighted by atomic mass is 16.7. The number of rotatable bonds is 0. The molecule has 19 heavy (non-hydrogen) atoms. The number of carbonyl (C=O) groups is 1. The van der Waals surface area contributed by atoms with Crippen LogP contribution in [-0.4, -0.2) is 24.8 Å². The van der Waals surface area contributed by atoms with Crippen LogP contribution in [0.2, 0.25) is 0 Å². The summed E-state index contributed by atoms with van der Waals surface area (Å²) in [6.07, 6.45) is 8.49. The summed E-state index contributed by atoms with van der Waals surface area (Å²) in [5, 5.41) is 0. The Bertz CT molecular complexity index is 590. The summed E-state index contributed by atoms with van der Waals surface area (Å²) in [5.41, 5.74) is 1.61. The molecule has 1 heterocycles. The molecule has 2 aliphatic carbocycles. The van der Waals surface area contributed by atoms with Crippen molar-refractivity contribution in [2.45, 2.75) is 17.6 Å². The van der Waals surface area contributed by atoms with Gasteiger partial charge in [-0.05, 0) is 17.7 Å². The van der Waals surface area contributed by atoms with Crippen molar-refractivity contribution in [2.75, 3.05) is 13.2 Å². The maximum atomic E-state index is 12.1.